The molecule has 1 heterocycles. The van der Waals surface area contributed by atoms with Gasteiger partial charge < -0.3 is 14.9 Å². The van der Waals surface area contributed by atoms with E-state index in [-0.39, 0.29) is 12.6 Å². The molecule has 0 aliphatic carbocycles. The van der Waals surface area contributed by atoms with Crippen molar-refractivity contribution in [3.05, 3.63) is 29.6 Å². The van der Waals surface area contributed by atoms with Crippen LogP contribution < -0.4 is 0 Å². The fourth-order valence-corrected chi connectivity index (χ4v) is 1.71. The van der Waals surface area contributed by atoms with Crippen molar-refractivity contribution in [2.45, 2.75) is 20.4 Å². The fraction of sp³-hybridized carbons (Fsp3) is 0.462. The topological polar surface area (TPSA) is 73.7 Å². The van der Waals surface area contributed by atoms with E-state index in [1.165, 1.54) is 11.9 Å². The largest absolute Gasteiger partial charge is 0.480 e. The van der Waals surface area contributed by atoms with E-state index in [4.69, 9.17) is 5.11 Å². The summed E-state index contributed by atoms with van der Waals surface area (Å²) >= 11 is 0. The van der Waals surface area contributed by atoms with E-state index in [2.05, 4.69) is 4.98 Å². The number of amides is 2. The molecule has 1 N–H and O–H groups in total. The number of carboxylic acids is 1. The number of urea groups is 1. The van der Waals surface area contributed by atoms with Crippen molar-refractivity contribution < 1.29 is 14.7 Å². The summed E-state index contributed by atoms with van der Waals surface area (Å²) < 4.78 is 0. The molecule has 19 heavy (non-hydrogen) atoms. The number of likely N-dealkylation sites (N-methyl/N-ethyl adjacent to an activating group) is 1. The fourth-order valence-electron chi connectivity index (χ4n) is 1.71. The lowest BCUT2D eigenvalue weighted by molar-refractivity contribution is -0.137. The van der Waals surface area contributed by atoms with Crippen LogP contribution in [0.2, 0.25) is 0 Å². The third-order valence-corrected chi connectivity index (χ3v) is 2.65. The first kappa shape index (κ1) is 14.9. The summed E-state index contributed by atoms with van der Waals surface area (Å²) in [5.74, 6) is -1.03. The van der Waals surface area contributed by atoms with Crippen LogP contribution in [-0.4, -0.2) is 52.0 Å². The smallest absolute Gasteiger partial charge is 0.323 e. The second-order valence-electron chi connectivity index (χ2n) is 4.32. The Kier molecular flexibility index (Phi) is 5.29. The van der Waals surface area contributed by atoms with Crippen LogP contribution in [0.3, 0.4) is 0 Å². The second-order valence-corrected chi connectivity index (χ2v) is 4.32. The number of carboxylic acid groups (broad SMARTS) is 1. The molecule has 6 heteroatoms. The van der Waals surface area contributed by atoms with Crippen LogP contribution in [0.5, 0.6) is 0 Å². The lowest BCUT2D eigenvalue weighted by Crippen LogP contribution is -2.42. The monoisotopic (exact) mass is 265 g/mol. The minimum absolute atomic E-state index is 0.309. The Bertz CT molecular complexity index is 462. The van der Waals surface area contributed by atoms with E-state index in [0.29, 0.717) is 13.1 Å². The predicted octanol–water partition coefficient (Wildman–Crippen LogP) is 1.35. The first-order valence-corrected chi connectivity index (χ1v) is 6.08. The molecule has 0 bridgehead atoms. The molecule has 6 nitrogen and oxygen atoms in total. The number of carbonyl (C=O) groups is 2. The molecule has 1 aromatic rings. The zero-order valence-electron chi connectivity index (χ0n) is 11.5. The van der Waals surface area contributed by atoms with Crippen LogP contribution in [-0.2, 0) is 11.3 Å². The van der Waals surface area contributed by atoms with Crippen LogP contribution in [0.15, 0.2) is 18.2 Å². The van der Waals surface area contributed by atoms with E-state index in [1.807, 2.05) is 32.0 Å². The SMILES string of the molecule is CCN(Cc1cccc(C)n1)C(=O)N(C)CC(=O)O. The Hall–Kier alpha value is -2.11. The summed E-state index contributed by atoms with van der Waals surface area (Å²) in [7, 11) is 1.47. The number of carbonyl (C=O) groups excluding carboxylic acids is 1. The Morgan fingerprint density at radius 3 is 2.58 bits per heavy atom. The third-order valence-electron chi connectivity index (χ3n) is 2.65. The number of hydrogen-bond donors (Lipinski definition) is 1. The minimum Gasteiger partial charge on any atom is -0.480 e. The molecule has 0 aliphatic rings. The van der Waals surface area contributed by atoms with Crippen molar-refractivity contribution in [3.63, 3.8) is 0 Å². The number of aliphatic carboxylic acids is 1. The quantitative estimate of drug-likeness (QED) is 0.872. The molecule has 0 saturated heterocycles. The van der Waals surface area contributed by atoms with Crippen LogP contribution in [0, 0.1) is 6.92 Å². The number of nitrogens with zero attached hydrogens (tertiary/aromatic N) is 3. The Labute approximate surface area is 112 Å². The molecular formula is C13H19N3O3. The van der Waals surface area contributed by atoms with Gasteiger partial charge >= 0.3 is 12.0 Å². The van der Waals surface area contributed by atoms with Crippen molar-refractivity contribution in [2.75, 3.05) is 20.1 Å². The van der Waals surface area contributed by atoms with Crippen LogP contribution in [0.4, 0.5) is 4.79 Å². The van der Waals surface area contributed by atoms with Gasteiger partial charge in [0.15, 0.2) is 0 Å². The molecule has 104 valence electrons. The summed E-state index contributed by atoms with van der Waals surface area (Å²) in [6, 6.07) is 5.31. The van der Waals surface area contributed by atoms with Crippen LogP contribution >= 0.6 is 0 Å². The Balaban J connectivity index is 2.72. The van der Waals surface area contributed by atoms with Crippen LogP contribution in [0.1, 0.15) is 18.3 Å². The van der Waals surface area contributed by atoms with Crippen molar-refractivity contribution in [1.82, 2.24) is 14.8 Å². The van der Waals surface area contributed by atoms with E-state index in [9.17, 15) is 9.59 Å². The van der Waals surface area contributed by atoms with Gasteiger partial charge in [0.1, 0.15) is 6.54 Å². The lowest BCUT2D eigenvalue weighted by atomic mass is 10.3. The minimum atomic E-state index is -1.03. The van der Waals surface area contributed by atoms with E-state index in [0.717, 1.165) is 11.4 Å². The molecule has 0 fully saturated rings. The van der Waals surface area contributed by atoms with Gasteiger partial charge in [0.25, 0.3) is 0 Å². The number of aromatic nitrogens is 1. The zero-order chi connectivity index (χ0) is 14.4. The highest BCUT2D eigenvalue weighted by Gasteiger charge is 2.18. The van der Waals surface area contributed by atoms with Gasteiger partial charge in [-0.05, 0) is 26.0 Å². The maximum atomic E-state index is 12.1. The molecule has 0 spiro atoms. The van der Waals surface area contributed by atoms with E-state index < -0.39 is 5.97 Å². The molecule has 1 rings (SSSR count). The first-order valence-electron chi connectivity index (χ1n) is 6.08. The van der Waals surface area contributed by atoms with Crippen molar-refractivity contribution in [2.24, 2.45) is 0 Å². The van der Waals surface area contributed by atoms with Gasteiger partial charge in [-0.3, -0.25) is 9.78 Å². The van der Waals surface area contributed by atoms with E-state index >= 15 is 0 Å². The second kappa shape index (κ2) is 6.72. The van der Waals surface area contributed by atoms with Gasteiger partial charge in [-0.25, -0.2) is 4.79 Å². The van der Waals surface area contributed by atoms with E-state index in [1.54, 1.807) is 4.90 Å². The standard InChI is InChI=1S/C13H19N3O3/c1-4-16(13(19)15(3)9-12(17)18)8-11-7-5-6-10(2)14-11/h5-7H,4,8-9H2,1-3H3,(H,17,18). The molecule has 2 amide bonds. The highest BCUT2D eigenvalue weighted by Crippen LogP contribution is 2.05. The highest BCUT2D eigenvalue weighted by molar-refractivity contribution is 5.79. The summed E-state index contributed by atoms with van der Waals surface area (Å²) in [5.41, 5.74) is 1.68. The van der Waals surface area contributed by atoms with Gasteiger partial charge in [-0.1, -0.05) is 6.07 Å². The maximum Gasteiger partial charge on any atom is 0.323 e. The molecule has 0 atom stereocenters. The van der Waals surface area contributed by atoms with Gasteiger partial charge in [0, 0.05) is 19.3 Å². The summed E-state index contributed by atoms with van der Waals surface area (Å²) in [4.78, 5) is 29.7. The summed E-state index contributed by atoms with van der Waals surface area (Å²) in [5, 5.41) is 8.69. The Morgan fingerprint density at radius 2 is 2.05 bits per heavy atom. The molecule has 0 saturated carbocycles. The zero-order valence-corrected chi connectivity index (χ0v) is 11.5. The number of pyridine rings is 1. The van der Waals surface area contributed by atoms with Crippen LogP contribution in [0.25, 0.3) is 0 Å². The summed E-state index contributed by atoms with van der Waals surface area (Å²) in [6.07, 6.45) is 0. The third kappa shape index (κ3) is 4.57. The first-order chi connectivity index (χ1) is 8.93. The highest BCUT2D eigenvalue weighted by atomic mass is 16.4. The average Bonchev–Trinajstić information content (AvgIpc) is 2.34. The average molecular weight is 265 g/mol. The van der Waals surface area contributed by atoms with Crippen molar-refractivity contribution in [1.29, 1.82) is 0 Å². The number of hydrogen-bond acceptors (Lipinski definition) is 3. The summed E-state index contributed by atoms with van der Waals surface area (Å²) in [6.45, 7) is 4.30. The number of rotatable bonds is 5. The Morgan fingerprint density at radius 1 is 1.37 bits per heavy atom. The normalized spacial score (nSPS) is 10.1. The van der Waals surface area contributed by atoms with Gasteiger partial charge in [-0.15, -0.1) is 0 Å². The molecule has 0 unspecified atom stereocenters. The van der Waals surface area contributed by atoms with Gasteiger partial charge in [-0.2, -0.15) is 0 Å². The maximum absolute atomic E-state index is 12.1. The molecule has 0 radical (unpaired) electrons. The molecule has 0 aromatic carbocycles. The molecule has 0 aliphatic heterocycles. The number of aryl methyl sites for hydroxylation is 1. The lowest BCUT2D eigenvalue weighted by Gasteiger charge is -2.26. The predicted molar refractivity (Wildman–Crippen MR) is 70.7 cm³/mol. The van der Waals surface area contributed by atoms with Crippen molar-refractivity contribution in [3.8, 4) is 0 Å². The molecular weight excluding hydrogens is 246 g/mol. The van der Waals surface area contributed by atoms with Crippen molar-refractivity contribution >= 4 is 12.0 Å². The van der Waals surface area contributed by atoms with Gasteiger partial charge in [0.2, 0.25) is 0 Å². The van der Waals surface area contributed by atoms with Gasteiger partial charge in [0.05, 0.1) is 12.2 Å². The molecule has 1 aromatic heterocycles.